The van der Waals surface area contributed by atoms with E-state index in [0.717, 1.165) is 25.7 Å². The van der Waals surface area contributed by atoms with Crippen molar-refractivity contribution in [1.82, 2.24) is 0 Å². The van der Waals surface area contributed by atoms with E-state index >= 15 is 0 Å². The Kier molecular flexibility index (Phi) is 10.1. The Hall–Kier alpha value is -2.28. The van der Waals surface area contributed by atoms with E-state index in [9.17, 15) is 9.59 Å². The number of aryl methyl sites for hydroxylation is 1. The molecule has 0 aliphatic heterocycles. The molecule has 0 bridgehead atoms. The molecule has 2 aromatic rings. The van der Waals surface area contributed by atoms with Crippen LogP contribution in [0, 0.1) is 0 Å². The summed E-state index contributed by atoms with van der Waals surface area (Å²) in [6.07, 6.45) is 2.05. The maximum atomic E-state index is 12.5. The monoisotopic (exact) mass is 430 g/mol. The van der Waals surface area contributed by atoms with Crippen molar-refractivity contribution < 1.29 is 28.5 Å². The zero-order valence-corrected chi connectivity index (χ0v) is 19.0. The summed E-state index contributed by atoms with van der Waals surface area (Å²) in [6.45, 7) is 5.52. The lowest BCUT2D eigenvalue weighted by Gasteiger charge is -2.26. The number of hydrogen-bond donors (Lipinski definition) is 0. The summed E-state index contributed by atoms with van der Waals surface area (Å²) >= 11 is 0. The fraction of sp³-hybridized carbons (Fsp3) is 0.520. The maximum Gasteiger partial charge on any atom is 0.339 e. The third-order valence-corrected chi connectivity index (χ3v) is 4.67. The predicted molar refractivity (Wildman–Crippen MR) is 120 cm³/mol. The molecule has 0 radical (unpaired) electrons. The molecule has 6 heteroatoms. The number of carbonyl (C=O) groups is 2. The highest BCUT2D eigenvalue weighted by Gasteiger charge is 2.34. The van der Waals surface area contributed by atoms with Crippen LogP contribution in [0.3, 0.4) is 0 Å². The quantitative estimate of drug-likeness (QED) is 0.202. The van der Waals surface area contributed by atoms with Crippen molar-refractivity contribution in [2.45, 2.75) is 64.3 Å². The van der Waals surface area contributed by atoms with Gasteiger partial charge in [0.25, 0.3) is 0 Å². The first-order chi connectivity index (χ1) is 14.8. The van der Waals surface area contributed by atoms with Gasteiger partial charge >= 0.3 is 5.97 Å². The average molecular weight is 431 g/mol. The average Bonchev–Trinajstić information content (AvgIpc) is 2.73. The van der Waals surface area contributed by atoms with Gasteiger partial charge in [-0.3, -0.25) is 0 Å². The molecular weight excluding hydrogens is 396 g/mol. The van der Waals surface area contributed by atoms with Crippen molar-refractivity contribution in [3.63, 3.8) is 0 Å². The van der Waals surface area contributed by atoms with Crippen molar-refractivity contribution in [3.05, 3.63) is 48.0 Å². The first-order valence-corrected chi connectivity index (χ1v) is 10.7. The van der Waals surface area contributed by atoms with Crippen molar-refractivity contribution in [2.75, 3.05) is 20.5 Å². The van der Waals surface area contributed by atoms with Gasteiger partial charge < -0.3 is 23.7 Å². The molecule has 0 saturated carbocycles. The highest BCUT2D eigenvalue weighted by Crippen LogP contribution is 2.18. The van der Waals surface area contributed by atoms with Crippen molar-refractivity contribution in [2.24, 2.45) is 0 Å². The van der Waals surface area contributed by atoms with Crippen LogP contribution in [-0.4, -0.2) is 50.6 Å². The van der Waals surface area contributed by atoms with Crippen molar-refractivity contribution >= 4 is 23.0 Å². The minimum atomic E-state index is -1.12. The lowest BCUT2D eigenvalue weighted by molar-refractivity contribution is -0.185. The Balaban J connectivity index is 1.81. The fourth-order valence-electron chi connectivity index (χ4n) is 3.21. The second-order valence-corrected chi connectivity index (χ2v) is 8.49. The van der Waals surface area contributed by atoms with E-state index in [1.807, 2.05) is 12.1 Å². The van der Waals surface area contributed by atoms with Crippen molar-refractivity contribution in [1.29, 1.82) is 0 Å². The molecule has 170 valence electrons. The number of rotatable bonds is 13. The third-order valence-electron chi connectivity index (χ3n) is 4.67. The largest absolute Gasteiger partial charge is 0.458 e. The SMILES string of the molecule is COCO[C@@H](C=O)[C@@H](OCCCCCc1ccc2ccccc2c1)C(=O)OC(C)(C)C. The van der Waals surface area contributed by atoms with Crippen LogP contribution >= 0.6 is 0 Å². The molecule has 0 N–H and O–H groups in total. The number of aldehydes is 1. The first kappa shape index (κ1) is 25.0. The van der Waals surface area contributed by atoms with E-state index in [1.165, 1.54) is 23.4 Å². The van der Waals surface area contributed by atoms with E-state index < -0.39 is 23.8 Å². The van der Waals surface area contributed by atoms with Gasteiger partial charge in [0.05, 0.1) is 0 Å². The minimum absolute atomic E-state index is 0.113. The lowest BCUT2D eigenvalue weighted by atomic mass is 10.0. The first-order valence-electron chi connectivity index (χ1n) is 10.7. The molecule has 0 unspecified atom stereocenters. The van der Waals surface area contributed by atoms with Gasteiger partial charge in [-0.05, 0) is 56.4 Å². The molecule has 2 rings (SSSR count). The van der Waals surface area contributed by atoms with Gasteiger partial charge in [-0.2, -0.15) is 0 Å². The van der Waals surface area contributed by atoms with E-state index in [2.05, 4.69) is 30.3 Å². The van der Waals surface area contributed by atoms with Crippen LogP contribution in [0.5, 0.6) is 0 Å². The Morgan fingerprint density at radius 2 is 1.74 bits per heavy atom. The summed E-state index contributed by atoms with van der Waals surface area (Å²) < 4.78 is 21.2. The Morgan fingerprint density at radius 3 is 2.42 bits per heavy atom. The van der Waals surface area contributed by atoms with Gasteiger partial charge in [0.1, 0.15) is 12.4 Å². The van der Waals surface area contributed by atoms with Gasteiger partial charge in [-0.15, -0.1) is 0 Å². The second-order valence-electron chi connectivity index (χ2n) is 8.49. The Labute approximate surface area is 184 Å². The van der Waals surface area contributed by atoms with Crippen LogP contribution in [0.1, 0.15) is 45.6 Å². The molecule has 0 aromatic heterocycles. The number of fused-ring (bicyclic) bond motifs is 1. The predicted octanol–water partition coefficient (Wildman–Crippen LogP) is 4.47. The summed E-state index contributed by atoms with van der Waals surface area (Å²) in [7, 11) is 1.45. The highest BCUT2D eigenvalue weighted by molar-refractivity contribution is 5.83. The Morgan fingerprint density at radius 1 is 1.00 bits per heavy atom. The van der Waals surface area contributed by atoms with E-state index in [1.54, 1.807) is 20.8 Å². The lowest BCUT2D eigenvalue weighted by Crippen LogP contribution is -2.43. The van der Waals surface area contributed by atoms with Crippen LogP contribution in [0.15, 0.2) is 42.5 Å². The fourth-order valence-corrected chi connectivity index (χ4v) is 3.21. The highest BCUT2D eigenvalue weighted by atomic mass is 16.7. The molecule has 0 aliphatic rings. The second kappa shape index (κ2) is 12.5. The van der Waals surface area contributed by atoms with Gasteiger partial charge in [0, 0.05) is 13.7 Å². The van der Waals surface area contributed by atoms with Crippen LogP contribution in [0.2, 0.25) is 0 Å². The summed E-state index contributed by atoms with van der Waals surface area (Å²) in [5.74, 6) is -0.614. The van der Waals surface area contributed by atoms with Crippen LogP contribution < -0.4 is 0 Å². The zero-order valence-electron chi connectivity index (χ0n) is 19.0. The summed E-state index contributed by atoms with van der Waals surface area (Å²) in [5.41, 5.74) is 0.619. The third kappa shape index (κ3) is 8.77. The smallest absolute Gasteiger partial charge is 0.339 e. The molecule has 0 amide bonds. The number of esters is 1. The van der Waals surface area contributed by atoms with E-state index in [-0.39, 0.29) is 6.79 Å². The van der Waals surface area contributed by atoms with Gasteiger partial charge in [0.15, 0.2) is 18.5 Å². The minimum Gasteiger partial charge on any atom is -0.458 e. The molecule has 31 heavy (non-hydrogen) atoms. The number of hydrogen-bond acceptors (Lipinski definition) is 6. The molecule has 0 spiro atoms. The molecule has 2 atom stereocenters. The molecule has 2 aromatic carbocycles. The molecule has 6 nitrogen and oxygen atoms in total. The standard InChI is InChI=1S/C25H34O6/c1-25(2,3)31-24(27)23(22(17-26)30-18-28-4)29-15-9-5-6-10-19-13-14-20-11-7-8-12-21(20)16-19/h7-8,11-14,16-17,22-23H,5-6,9-10,15,18H2,1-4H3/t22-,23+/m0/s1. The Bertz CT molecular complexity index is 826. The molecule has 0 heterocycles. The van der Waals surface area contributed by atoms with Crippen LogP contribution in [-0.2, 0) is 35.0 Å². The van der Waals surface area contributed by atoms with E-state index in [4.69, 9.17) is 18.9 Å². The number of unbranched alkanes of at least 4 members (excludes halogenated alkanes) is 2. The summed E-state index contributed by atoms with van der Waals surface area (Å²) in [6, 6.07) is 14.9. The number of ether oxygens (including phenoxy) is 4. The zero-order chi connectivity index (χ0) is 22.7. The number of carbonyl (C=O) groups excluding carboxylic acids is 2. The molecule has 0 fully saturated rings. The number of benzene rings is 2. The van der Waals surface area contributed by atoms with Gasteiger partial charge in [-0.1, -0.05) is 48.9 Å². The van der Waals surface area contributed by atoms with Gasteiger partial charge in [0.2, 0.25) is 0 Å². The van der Waals surface area contributed by atoms with E-state index in [0.29, 0.717) is 12.9 Å². The maximum absolute atomic E-state index is 12.5. The van der Waals surface area contributed by atoms with Gasteiger partial charge in [-0.25, -0.2) is 4.79 Å². The summed E-state index contributed by atoms with van der Waals surface area (Å²) in [4.78, 5) is 23.9. The normalized spacial score (nSPS) is 13.7. The summed E-state index contributed by atoms with van der Waals surface area (Å²) in [5, 5.41) is 2.49. The topological polar surface area (TPSA) is 71.1 Å². The molecule has 0 saturated heterocycles. The van der Waals surface area contributed by atoms with Crippen LogP contribution in [0.25, 0.3) is 10.8 Å². The van der Waals surface area contributed by atoms with Crippen LogP contribution in [0.4, 0.5) is 0 Å². The molecular formula is C25H34O6. The van der Waals surface area contributed by atoms with Crippen molar-refractivity contribution in [3.8, 4) is 0 Å². The molecule has 0 aliphatic carbocycles. The number of methoxy groups -OCH3 is 1.